The normalized spacial score (nSPS) is 18.7. The third-order valence-corrected chi connectivity index (χ3v) is 5.76. The zero-order valence-electron chi connectivity index (χ0n) is 16.0. The molecule has 0 saturated carbocycles. The number of methoxy groups -OCH3 is 2. The van der Waals surface area contributed by atoms with Crippen molar-refractivity contribution in [2.45, 2.75) is 37.6 Å². The highest BCUT2D eigenvalue weighted by molar-refractivity contribution is 5.43. The van der Waals surface area contributed by atoms with Crippen molar-refractivity contribution < 1.29 is 9.47 Å². The molecule has 0 bridgehead atoms. The Balaban J connectivity index is 1.65. The first-order valence-corrected chi connectivity index (χ1v) is 9.55. The topological polar surface area (TPSA) is 36.3 Å². The number of hydrogen-bond acceptors (Lipinski definition) is 3. The van der Waals surface area contributed by atoms with Crippen molar-refractivity contribution in [3.63, 3.8) is 0 Å². The first-order chi connectivity index (χ1) is 13.3. The van der Waals surface area contributed by atoms with Crippen LogP contribution in [-0.4, -0.2) is 23.8 Å². The smallest absolute Gasteiger partial charge is 0.119 e. The van der Waals surface area contributed by atoms with Gasteiger partial charge in [-0.2, -0.15) is 0 Å². The maximum Gasteiger partial charge on any atom is 0.119 e. The summed E-state index contributed by atoms with van der Waals surface area (Å²) in [6.45, 7) is 0.975. The molecule has 0 amide bonds. The molecule has 1 aliphatic carbocycles. The predicted octanol–water partition coefficient (Wildman–Crippen LogP) is 4.80. The molecule has 2 aromatic carbocycles. The quantitative estimate of drug-likeness (QED) is 0.632. The van der Waals surface area contributed by atoms with Crippen molar-refractivity contribution in [3.8, 4) is 11.5 Å². The maximum absolute atomic E-state index is 5.45. The lowest BCUT2D eigenvalue weighted by molar-refractivity contribution is 0.404. The van der Waals surface area contributed by atoms with Crippen LogP contribution in [0, 0.1) is 0 Å². The summed E-state index contributed by atoms with van der Waals surface area (Å²) >= 11 is 0. The van der Waals surface area contributed by atoms with Gasteiger partial charge in [-0.1, -0.05) is 18.2 Å². The summed E-state index contributed by atoms with van der Waals surface area (Å²) in [6.07, 6.45) is 9.12. The molecule has 0 spiro atoms. The van der Waals surface area contributed by atoms with Crippen LogP contribution in [0.3, 0.4) is 0 Å². The minimum Gasteiger partial charge on any atom is -0.497 e. The first-order valence-electron chi connectivity index (χ1n) is 9.55. The number of rotatable bonds is 6. The second kappa shape index (κ2) is 7.87. The van der Waals surface area contributed by atoms with Crippen LogP contribution in [0.1, 0.15) is 41.4 Å². The van der Waals surface area contributed by atoms with Gasteiger partial charge in [-0.3, -0.25) is 0 Å². The van der Waals surface area contributed by atoms with Crippen LogP contribution < -0.4 is 9.47 Å². The van der Waals surface area contributed by atoms with Crippen molar-refractivity contribution in [2.24, 2.45) is 0 Å². The van der Waals surface area contributed by atoms with E-state index in [9.17, 15) is 0 Å². The largest absolute Gasteiger partial charge is 0.497 e. The van der Waals surface area contributed by atoms with Gasteiger partial charge in [0.15, 0.2) is 0 Å². The van der Waals surface area contributed by atoms with E-state index in [2.05, 4.69) is 52.0 Å². The van der Waals surface area contributed by atoms with Crippen LogP contribution in [0.25, 0.3) is 0 Å². The lowest BCUT2D eigenvalue weighted by atomic mass is 9.70. The van der Waals surface area contributed by atoms with Gasteiger partial charge in [0.25, 0.3) is 0 Å². The highest BCUT2D eigenvalue weighted by Gasteiger charge is 2.30. The monoisotopic (exact) mass is 362 g/mol. The second-order valence-electron chi connectivity index (χ2n) is 7.18. The minimum absolute atomic E-state index is 0.482. The lowest BCUT2D eigenvalue weighted by Gasteiger charge is -2.34. The molecule has 4 heteroatoms. The SMILES string of the molecule is COc1ccc([C@@H]2CCc3cc(OC)ccc3[C@@H]2CCn2ccnc2)cc1. The molecule has 2 atom stereocenters. The highest BCUT2D eigenvalue weighted by atomic mass is 16.5. The Bertz CT molecular complexity index is 872. The Hall–Kier alpha value is -2.75. The third kappa shape index (κ3) is 3.70. The molecule has 0 unspecified atom stereocenters. The second-order valence-corrected chi connectivity index (χ2v) is 7.18. The van der Waals surface area contributed by atoms with E-state index in [1.807, 2.05) is 18.7 Å². The number of imidazole rings is 1. The van der Waals surface area contributed by atoms with E-state index in [0.29, 0.717) is 11.8 Å². The number of aromatic nitrogens is 2. The number of ether oxygens (including phenoxy) is 2. The standard InChI is InChI=1S/C23H26N2O2/c1-26-19-6-3-17(4-7-19)21-9-5-18-15-20(27-2)8-10-22(18)23(21)11-13-25-14-12-24-16-25/h3-4,6-8,10,12,14-16,21,23H,5,9,11,13H2,1-2H3/t21-,23+/m0/s1. The van der Waals surface area contributed by atoms with Gasteiger partial charge in [0, 0.05) is 18.9 Å². The van der Waals surface area contributed by atoms with Crippen molar-refractivity contribution >= 4 is 0 Å². The van der Waals surface area contributed by atoms with Gasteiger partial charge in [-0.05, 0) is 72.1 Å². The summed E-state index contributed by atoms with van der Waals surface area (Å²) in [6, 6.07) is 15.2. The Morgan fingerprint density at radius 2 is 1.81 bits per heavy atom. The van der Waals surface area contributed by atoms with Gasteiger partial charge < -0.3 is 14.0 Å². The van der Waals surface area contributed by atoms with Crippen molar-refractivity contribution in [3.05, 3.63) is 77.9 Å². The fourth-order valence-corrected chi connectivity index (χ4v) is 4.33. The Morgan fingerprint density at radius 3 is 2.52 bits per heavy atom. The fraction of sp³-hybridized carbons (Fsp3) is 0.348. The maximum atomic E-state index is 5.45. The van der Waals surface area contributed by atoms with E-state index in [-0.39, 0.29) is 0 Å². The van der Waals surface area contributed by atoms with Crippen LogP contribution in [0.5, 0.6) is 11.5 Å². The number of hydrogen-bond donors (Lipinski definition) is 0. The van der Waals surface area contributed by atoms with E-state index in [0.717, 1.165) is 37.3 Å². The van der Waals surface area contributed by atoms with E-state index >= 15 is 0 Å². The minimum atomic E-state index is 0.482. The summed E-state index contributed by atoms with van der Waals surface area (Å²) in [5, 5.41) is 0. The zero-order valence-corrected chi connectivity index (χ0v) is 16.0. The van der Waals surface area contributed by atoms with Gasteiger partial charge in [0.05, 0.1) is 20.5 Å². The fourth-order valence-electron chi connectivity index (χ4n) is 4.33. The van der Waals surface area contributed by atoms with Crippen molar-refractivity contribution in [2.75, 3.05) is 14.2 Å². The summed E-state index contributed by atoms with van der Waals surface area (Å²) in [5.74, 6) is 2.86. The van der Waals surface area contributed by atoms with Crippen molar-refractivity contribution in [1.29, 1.82) is 0 Å². The molecule has 4 rings (SSSR count). The third-order valence-electron chi connectivity index (χ3n) is 5.76. The molecule has 140 valence electrons. The molecule has 0 aliphatic heterocycles. The number of nitrogens with zero attached hydrogens (tertiary/aromatic N) is 2. The highest BCUT2D eigenvalue weighted by Crippen LogP contribution is 2.45. The average Bonchev–Trinajstić information content (AvgIpc) is 3.25. The van der Waals surface area contributed by atoms with E-state index in [1.165, 1.54) is 16.7 Å². The molecular formula is C23H26N2O2. The Labute approximate surface area is 160 Å². The molecule has 0 saturated heterocycles. The van der Waals surface area contributed by atoms with E-state index in [4.69, 9.17) is 9.47 Å². The first kappa shape index (κ1) is 17.7. The zero-order chi connectivity index (χ0) is 18.6. The van der Waals surface area contributed by atoms with Gasteiger partial charge >= 0.3 is 0 Å². The van der Waals surface area contributed by atoms with Gasteiger partial charge in [-0.15, -0.1) is 0 Å². The Morgan fingerprint density at radius 1 is 1.04 bits per heavy atom. The van der Waals surface area contributed by atoms with Crippen LogP contribution in [0.15, 0.2) is 61.2 Å². The van der Waals surface area contributed by atoms with Gasteiger partial charge in [0.1, 0.15) is 11.5 Å². The number of aryl methyl sites for hydroxylation is 2. The molecule has 27 heavy (non-hydrogen) atoms. The van der Waals surface area contributed by atoms with Crippen molar-refractivity contribution in [1.82, 2.24) is 9.55 Å². The van der Waals surface area contributed by atoms with Crippen LogP contribution in [-0.2, 0) is 13.0 Å². The summed E-state index contributed by atoms with van der Waals surface area (Å²) < 4.78 is 13.0. The van der Waals surface area contributed by atoms with Crippen LogP contribution in [0.2, 0.25) is 0 Å². The van der Waals surface area contributed by atoms with E-state index in [1.54, 1.807) is 14.2 Å². The molecular weight excluding hydrogens is 336 g/mol. The van der Waals surface area contributed by atoms with Crippen LogP contribution >= 0.6 is 0 Å². The number of benzene rings is 2. The summed E-state index contributed by atoms with van der Waals surface area (Å²) in [5.41, 5.74) is 4.28. The molecule has 4 nitrogen and oxygen atoms in total. The van der Waals surface area contributed by atoms with Gasteiger partial charge in [0.2, 0.25) is 0 Å². The molecule has 0 radical (unpaired) electrons. The predicted molar refractivity (Wildman–Crippen MR) is 107 cm³/mol. The molecule has 1 heterocycles. The molecule has 3 aromatic rings. The Kier molecular flexibility index (Phi) is 5.14. The molecule has 0 N–H and O–H groups in total. The average molecular weight is 362 g/mol. The summed E-state index contributed by atoms with van der Waals surface area (Å²) in [4.78, 5) is 4.18. The molecule has 1 aromatic heterocycles. The summed E-state index contributed by atoms with van der Waals surface area (Å²) in [7, 11) is 3.45. The molecule has 0 fully saturated rings. The molecule has 1 aliphatic rings. The number of fused-ring (bicyclic) bond motifs is 1. The lowest BCUT2D eigenvalue weighted by Crippen LogP contribution is -2.21. The van der Waals surface area contributed by atoms with Gasteiger partial charge in [-0.25, -0.2) is 4.98 Å². The van der Waals surface area contributed by atoms with E-state index < -0.39 is 0 Å². The van der Waals surface area contributed by atoms with Crippen LogP contribution in [0.4, 0.5) is 0 Å².